The van der Waals surface area contributed by atoms with E-state index in [4.69, 9.17) is 9.47 Å². The highest BCUT2D eigenvalue weighted by Crippen LogP contribution is 2.28. The Balaban J connectivity index is 1.24. The van der Waals surface area contributed by atoms with Gasteiger partial charge in [-0.1, -0.05) is 19.1 Å². The molecule has 186 valence electrons. The van der Waals surface area contributed by atoms with Crippen LogP contribution in [-0.2, 0) is 11.2 Å². The Morgan fingerprint density at radius 2 is 2.06 bits per heavy atom. The third-order valence-corrected chi connectivity index (χ3v) is 6.50. The number of fused-ring (bicyclic) bond motifs is 1. The summed E-state index contributed by atoms with van der Waals surface area (Å²) in [6.07, 6.45) is 4.28. The van der Waals surface area contributed by atoms with Gasteiger partial charge in [0.15, 0.2) is 0 Å². The molecule has 1 atom stereocenters. The molecule has 1 saturated heterocycles. The van der Waals surface area contributed by atoms with E-state index in [0.717, 1.165) is 52.3 Å². The maximum atomic E-state index is 11.9. The minimum absolute atomic E-state index is 0.130. The molecule has 9 nitrogen and oxygen atoms in total. The van der Waals surface area contributed by atoms with Crippen molar-refractivity contribution in [2.75, 3.05) is 39.2 Å². The molecule has 2 N–H and O–H groups in total. The summed E-state index contributed by atoms with van der Waals surface area (Å²) >= 11 is 0. The zero-order valence-electron chi connectivity index (χ0n) is 20.7. The summed E-state index contributed by atoms with van der Waals surface area (Å²) in [5.41, 5.74) is 4.62. The van der Waals surface area contributed by atoms with Crippen molar-refractivity contribution >= 4 is 22.6 Å². The highest BCUT2D eigenvalue weighted by molar-refractivity contribution is 5.94. The maximum absolute atomic E-state index is 11.9. The van der Waals surface area contributed by atoms with Gasteiger partial charge < -0.3 is 20.1 Å². The van der Waals surface area contributed by atoms with Crippen LogP contribution in [-0.4, -0.2) is 59.6 Å². The number of anilines is 1. The summed E-state index contributed by atoms with van der Waals surface area (Å²) in [7, 11) is 3.24. The van der Waals surface area contributed by atoms with E-state index in [0.29, 0.717) is 30.7 Å². The van der Waals surface area contributed by atoms with E-state index >= 15 is 0 Å². The SMILES string of the molecule is CNC(=O)c1ccc(CC(C)CNc2cc(-c3ccc4c(cnn4C4COC4)c3)ncn2)c(OC)c1. The fourth-order valence-corrected chi connectivity index (χ4v) is 4.40. The average molecular weight is 487 g/mol. The molecule has 0 spiro atoms. The van der Waals surface area contributed by atoms with Crippen LogP contribution in [0.3, 0.4) is 0 Å². The second kappa shape index (κ2) is 10.3. The summed E-state index contributed by atoms with van der Waals surface area (Å²) in [6.45, 7) is 4.32. The van der Waals surface area contributed by atoms with E-state index in [-0.39, 0.29) is 5.91 Å². The van der Waals surface area contributed by atoms with Crippen molar-refractivity contribution in [3.63, 3.8) is 0 Å². The number of nitrogens with one attached hydrogen (secondary N) is 2. The Kier molecular flexibility index (Phi) is 6.81. The van der Waals surface area contributed by atoms with Crippen LogP contribution in [0.2, 0.25) is 0 Å². The monoisotopic (exact) mass is 486 g/mol. The van der Waals surface area contributed by atoms with Crippen molar-refractivity contribution < 1.29 is 14.3 Å². The van der Waals surface area contributed by atoms with E-state index in [9.17, 15) is 4.79 Å². The van der Waals surface area contributed by atoms with Gasteiger partial charge >= 0.3 is 0 Å². The van der Waals surface area contributed by atoms with Crippen LogP contribution in [0.1, 0.15) is 28.9 Å². The zero-order valence-corrected chi connectivity index (χ0v) is 20.7. The topological polar surface area (TPSA) is 103 Å². The molecule has 3 heterocycles. The Morgan fingerprint density at radius 3 is 2.81 bits per heavy atom. The van der Waals surface area contributed by atoms with E-state index in [1.54, 1.807) is 26.6 Å². The lowest BCUT2D eigenvalue weighted by Gasteiger charge is -2.26. The van der Waals surface area contributed by atoms with Gasteiger partial charge in [-0.3, -0.25) is 9.48 Å². The lowest BCUT2D eigenvalue weighted by atomic mass is 9.98. The molecular formula is C27H30N6O3. The molecule has 1 aliphatic heterocycles. The summed E-state index contributed by atoms with van der Waals surface area (Å²) in [4.78, 5) is 20.8. The highest BCUT2D eigenvalue weighted by atomic mass is 16.5. The standard InChI is InChI=1S/C27H30N6O3/c1-17(8-19-4-5-20(27(34)28-2)10-25(19)35-3)12-29-26-11-23(30-16-31-26)18-6-7-24-21(9-18)13-32-33(24)22-14-36-15-22/h4-7,9-11,13,16-17,22H,8,12,14-15H2,1-3H3,(H,28,34)(H,29,30,31). The molecule has 2 aromatic carbocycles. The predicted octanol–water partition coefficient (Wildman–Crippen LogP) is 3.72. The van der Waals surface area contributed by atoms with Crippen LogP contribution < -0.4 is 15.4 Å². The second-order valence-corrected chi connectivity index (χ2v) is 9.14. The van der Waals surface area contributed by atoms with Crippen LogP contribution in [0.5, 0.6) is 5.75 Å². The number of hydrogen-bond acceptors (Lipinski definition) is 7. The van der Waals surface area contributed by atoms with Crippen molar-refractivity contribution in [3.8, 4) is 17.0 Å². The maximum Gasteiger partial charge on any atom is 0.251 e. The van der Waals surface area contributed by atoms with Crippen molar-refractivity contribution in [3.05, 3.63) is 66.1 Å². The first kappa shape index (κ1) is 23.7. The molecular weight excluding hydrogens is 456 g/mol. The fraction of sp³-hybridized carbons (Fsp3) is 0.333. The molecule has 0 bridgehead atoms. The molecule has 1 amide bonds. The Morgan fingerprint density at radius 1 is 1.19 bits per heavy atom. The average Bonchev–Trinajstić information content (AvgIpc) is 3.29. The molecule has 0 radical (unpaired) electrons. The van der Waals surface area contributed by atoms with Gasteiger partial charge in [-0.25, -0.2) is 9.97 Å². The van der Waals surface area contributed by atoms with Gasteiger partial charge in [0.2, 0.25) is 0 Å². The van der Waals surface area contributed by atoms with Gasteiger partial charge in [-0.15, -0.1) is 0 Å². The minimum Gasteiger partial charge on any atom is -0.496 e. The third-order valence-electron chi connectivity index (χ3n) is 6.50. The Labute approximate surface area is 209 Å². The van der Waals surface area contributed by atoms with Gasteiger partial charge in [0.05, 0.1) is 43.8 Å². The summed E-state index contributed by atoms with van der Waals surface area (Å²) in [5.74, 6) is 1.67. The molecule has 5 rings (SSSR count). The first-order valence-corrected chi connectivity index (χ1v) is 12.1. The van der Waals surface area contributed by atoms with Crippen LogP contribution in [0, 0.1) is 5.92 Å². The number of hydrogen-bond donors (Lipinski definition) is 2. The lowest BCUT2D eigenvalue weighted by molar-refractivity contribution is -0.0266. The third kappa shape index (κ3) is 4.87. The summed E-state index contributed by atoms with van der Waals surface area (Å²) in [5, 5.41) is 11.7. The van der Waals surface area contributed by atoms with Crippen molar-refractivity contribution in [1.82, 2.24) is 25.1 Å². The molecule has 0 saturated carbocycles. The van der Waals surface area contributed by atoms with Gasteiger partial charge in [0, 0.05) is 36.2 Å². The molecule has 1 unspecified atom stereocenters. The number of carbonyl (C=O) groups excluding carboxylic acids is 1. The molecule has 0 aliphatic carbocycles. The largest absolute Gasteiger partial charge is 0.496 e. The van der Waals surface area contributed by atoms with Crippen LogP contribution >= 0.6 is 0 Å². The molecule has 2 aromatic heterocycles. The highest BCUT2D eigenvalue weighted by Gasteiger charge is 2.22. The summed E-state index contributed by atoms with van der Waals surface area (Å²) < 4.78 is 12.9. The molecule has 9 heteroatoms. The quantitative estimate of drug-likeness (QED) is 0.372. The van der Waals surface area contributed by atoms with Gasteiger partial charge in [0.25, 0.3) is 5.91 Å². The van der Waals surface area contributed by atoms with Crippen LogP contribution in [0.15, 0.2) is 55.0 Å². The number of methoxy groups -OCH3 is 1. The van der Waals surface area contributed by atoms with Crippen molar-refractivity contribution in [2.24, 2.45) is 5.92 Å². The summed E-state index contributed by atoms with van der Waals surface area (Å²) in [6, 6.07) is 14.1. The number of ether oxygens (including phenoxy) is 2. The van der Waals surface area contributed by atoms with E-state index in [1.165, 1.54) is 0 Å². The first-order chi connectivity index (χ1) is 17.6. The molecule has 36 heavy (non-hydrogen) atoms. The zero-order chi connectivity index (χ0) is 25.1. The number of benzene rings is 2. The Bertz CT molecular complexity index is 1380. The number of amides is 1. The first-order valence-electron chi connectivity index (χ1n) is 12.1. The smallest absolute Gasteiger partial charge is 0.251 e. The van der Waals surface area contributed by atoms with E-state index < -0.39 is 0 Å². The van der Waals surface area contributed by atoms with Gasteiger partial charge in [-0.2, -0.15) is 5.10 Å². The normalized spacial score (nSPS) is 14.3. The fourth-order valence-electron chi connectivity index (χ4n) is 4.40. The molecule has 4 aromatic rings. The predicted molar refractivity (Wildman–Crippen MR) is 138 cm³/mol. The number of aromatic nitrogens is 4. The van der Waals surface area contributed by atoms with Gasteiger partial charge in [-0.05, 0) is 42.2 Å². The molecule has 1 fully saturated rings. The Hall–Kier alpha value is -3.98. The number of carbonyl (C=O) groups is 1. The minimum atomic E-state index is -0.130. The number of nitrogens with zero attached hydrogens (tertiary/aromatic N) is 4. The lowest BCUT2D eigenvalue weighted by Crippen LogP contribution is -2.31. The van der Waals surface area contributed by atoms with Crippen LogP contribution in [0.4, 0.5) is 5.82 Å². The molecule has 1 aliphatic rings. The van der Waals surface area contributed by atoms with Crippen LogP contribution in [0.25, 0.3) is 22.2 Å². The van der Waals surface area contributed by atoms with Gasteiger partial charge in [0.1, 0.15) is 17.9 Å². The van der Waals surface area contributed by atoms with E-state index in [1.807, 2.05) is 29.1 Å². The second-order valence-electron chi connectivity index (χ2n) is 9.14. The number of rotatable bonds is 9. The van der Waals surface area contributed by atoms with Crippen molar-refractivity contribution in [1.29, 1.82) is 0 Å². The van der Waals surface area contributed by atoms with Crippen molar-refractivity contribution in [2.45, 2.75) is 19.4 Å². The van der Waals surface area contributed by atoms with E-state index in [2.05, 4.69) is 50.8 Å².